The molecule has 4 heteroatoms. The van der Waals surface area contributed by atoms with Gasteiger partial charge in [0.2, 0.25) is 5.91 Å². The Morgan fingerprint density at radius 3 is 2.15 bits per heavy atom. The largest absolute Gasteiger partial charge is 0.379 e. The molecule has 0 aliphatic heterocycles. The van der Waals surface area contributed by atoms with Gasteiger partial charge >= 0.3 is 0 Å². The minimum atomic E-state index is -0.304. The number of rotatable bonds is 6. The number of halogens is 1. The zero-order valence-electron chi connectivity index (χ0n) is 14.6. The smallest absolute Gasteiger partial charge is 0.228 e. The molecule has 0 spiro atoms. The van der Waals surface area contributed by atoms with Gasteiger partial charge in [-0.15, -0.1) is 0 Å². The number of carbonyl (C=O) groups is 1. The van der Waals surface area contributed by atoms with Crippen LogP contribution in [0.25, 0.3) is 0 Å². The molecular formula is C22H21FN2O. The van der Waals surface area contributed by atoms with Crippen LogP contribution in [0.1, 0.15) is 24.1 Å². The molecule has 0 heterocycles. The van der Waals surface area contributed by atoms with E-state index in [1.54, 1.807) is 12.1 Å². The first-order valence-electron chi connectivity index (χ1n) is 8.56. The predicted octanol–water partition coefficient (Wildman–Crippen LogP) is 5.18. The highest BCUT2D eigenvalue weighted by Crippen LogP contribution is 2.20. The maximum absolute atomic E-state index is 12.9. The van der Waals surface area contributed by atoms with E-state index < -0.39 is 0 Å². The zero-order chi connectivity index (χ0) is 18.4. The first-order chi connectivity index (χ1) is 12.6. The summed E-state index contributed by atoms with van der Waals surface area (Å²) in [6.45, 7) is 2.10. The van der Waals surface area contributed by atoms with E-state index >= 15 is 0 Å². The summed E-state index contributed by atoms with van der Waals surface area (Å²) >= 11 is 0. The number of hydrogen-bond donors (Lipinski definition) is 2. The molecule has 3 rings (SSSR count). The Kier molecular flexibility index (Phi) is 5.64. The molecule has 3 aromatic carbocycles. The summed E-state index contributed by atoms with van der Waals surface area (Å²) in [7, 11) is 0. The fourth-order valence-corrected chi connectivity index (χ4v) is 2.72. The third kappa shape index (κ3) is 4.93. The summed E-state index contributed by atoms with van der Waals surface area (Å²) in [6.07, 6.45) is 0.214. The van der Waals surface area contributed by atoms with Gasteiger partial charge in [-0.3, -0.25) is 4.79 Å². The van der Waals surface area contributed by atoms with Gasteiger partial charge in [0.15, 0.2) is 0 Å². The minimum absolute atomic E-state index is 0.130. The van der Waals surface area contributed by atoms with Crippen molar-refractivity contribution in [3.63, 3.8) is 0 Å². The van der Waals surface area contributed by atoms with Gasteiger partial charge in [-0.2, -0.15) is 0 Å². The van der Waals surface area contributed by atoms with Crippen LogP contribution < -0.4 is 10.6 Å². The Labute approximate surface area is 152 Å². The molecule has 0 aliphatic rings. The van der Waals surface area contributed by atoms with Gasteiger partial charge in [0, 0.05) is 17.4 Å². The van der Waals surface area contributed by atoms with Crippen molar-refractivity contribution in [3.8, 4) is 0 Å². The second-order valence-corrected chi connectivity index (χ2v) is 6.21. The third-order valence-electron chi connectivity index (χ3n) is 4.13. The number of amides is 1. The number of benzene rings is 3. The van der Waals surface area contributed by atoms with Crippen molar-refractivity contribution in [2.45, 2.75) is 19.4 Å². The average molecular weight is 348 g/mol. The molecule has 2 N–H and O–H groups in total. The van der Waals surface area contributed by atoms with Crippen molar-refractivity contribution in [1.82, 2.24) is 0 Å². The minimum Gasteiger partial charge on any atom is -0.379 e. The summed E-state index contributed by atoms with van der Waals surface area (Å²) < 4.78 is 12.9. The lowest BCUT2D eigenvalue weighted by Crippen LogP contribution is -2.14. The van der Waals surface area contributed by atoms with Crippen LogP contribution in [0, 0.1) is 5.82 Å². The van der Waals surface area contributed by atoms with Gasteiger partial charge in [-0.25, -0.2) is 4.39 Å². The van der Waals surface area contributed by atoms with Crippen LogP contribution >= 0.6 is 0 Å². The lowest BCUT2D eigenvalue weighted by Gasteiger charge is -2.16. The van der Waals surface area contributed by atoms with Crippen molar-refractivity contribution >= 4 is 17.3 Å². The molecule has 0 aromatic heterocycles. The third-order valence-corrected chi connectivity index (χ3v) is 4.13. The maximum Gasteiger partial charge on any atom is 0.228 e. The number of hydrogen-bond acceptors (Lipinski definition) is 2. The molecule has 0 radical (unpaired) electrons. The normalized spacial score (nSPS) is 11.6. The molecule has 0 saturated heterocycles. The Morgan fingerprint density at radius 1 is 0.885 bits per heavy atom. The first kappa shape index (κ1) is 17.7. The molecule has 3 nitrogen and oxygen atoms in total. The van der Waals surface area contributed by atoms with E-state index in [-0.39, 0.29) is 24.2 Å². The van der Waals surface area contributed by atoms with Gasteiger partial charge in [0.1, 0.15) is 5.82 Å². The van der Waals surface area contributed by atoms with E-state index in [0.29, 0.717) is 0 Å². The number of anilines is 2. The molecule has 1 unspecified atom stereocenters. The maximum atomic E-state index is 12.9. The van der Waals surface area contributed by atoms with Gasteiger partial charge in [0.25, 0.3) is 0 Å². The number of carbonyl (C=O) groups excluding carboxylic acids is 1. The highest BCUT2D eigenvalue weighted by molar-refractivity contribution is 5.92. The zero-order valence-corrected chi connectivity index (χ0v) is 14.6. The Bertz CT molecular complexity index is 846. The highest BCUT2D eigenvalue weighted by Gasteiger charge is 2.06. The molecule has 1 atom stereocenters. The predicted molar refractivity (Wildman–Crippen MR) is 104 cm³/mol. The quantitative estimate of drug-likeness (QED) is 0.644. The van der Waals surface area contributed by atoms with Crippen LogP contribution in [0.3, 0.4) is 0 Å². The van der Waals surface area contributed by atoms with Crippen molar-refractivity contribution in [2.75, 3.05) is 10.6 Å². The molecule has 26 heavy (non-hydrogen) atoms. The Hall–Kier alpha value is -3.14. The van der Waals surface area contributed by atoms with Crippen LogP contribution in [0.4, 0.5) is 15.8 Å². The molecule has 3 aromatic rings. The summed E-state index contributed by atoms with van der Waals surface area (Å²) in [5.41, 5.74) is 3.70. The van der Waals surface area contributed by atoms with Crippen LogP contribution in [-0.4, -0.2) is 5.91 Å². The molecule has 0 aliphatic carbocycles. The van der Waals surface area contributed by atoms with Gasteiger partial charge < -0.3 is 10.6 Å². The topological polar surface area (TPSA) is 41.1 Å². The Morgan fingerprint density at radius 2 is 1.50 bits per heavy atom. The average Bonchev–Trinajstić information content (AvgIpc) is 2.66. The molecular weight excluding hydrogens is 327 g/mol. The van der Waals surface area contributed by atoms with Crippen LogP contribution in [0.2, 0.25) is 0 Å². The first-order valence-corrected chi connectivity index (χ1v) is 8.56. The molecule has 1 amide bonds. The van der Waals surface area contributed by atoms with Crippen LogP contribution in [0.15, 0.2) is 78.9 Å². The van der Waals surface area contributed by atoms with E-state index in [4.69, 9.17) is 0 Å². The summed E-state index contributed by atoms with van der Waals surface area (Å²) in [5.74, 6) is -0.433. The van der Waals surface area contributed by atoms with E-state index in [2.05, 4.69) is 29.7 Å². The summed E-state index contributed by atoms with van der Waals surface area (Å²) in [6, 6.07) is 24.0. The molecule has 0 bridgehead atoms. The standard InChI is InChI=1S/C22H21FN2O/c1-16(18-5-3-2-4-6-18)24-20-11-13-21(14-12-20)25-22(26)15-17-7-9-19(23)10-8-17/h2-14,16,24H,15H2,1H3,(H,25,26). The van der Waals surface area contributed by atoms with Crippen LogP contribution in [-0.2, 0) is 11.2 Å². The van der Waals surface area contributed by atoms with Crippen molar-refractivity contribution in [2.24, 2.45) is 0 Å². The fourth-order valence-electron chi connectivity index (χ4n) is 2.72. The summed E-state index contributed by atoms with van der Waals surface area (Å²) in [5, 5.41) is 6.29. The SMILES string of the molecule is CC(Nc1ccc(NC(=O)Cc2ccc(F)cc2)cc1)c1ccccc1. The van der Waals surface area contributed by atoms with E-state index in [1.165, 1.54) is 17.7 Å². The van der Waals surface area contributed by atoms with Crippen molar-refractivity contribution in [1.29, 1.82) is 0 Å². The van der Waals surface area contributed by atoms with E-state index in [9.17, 15) is 9.18 Å². The highest BCUT2D eigenvalue weighted by atomic mass is 19.1. The van der Waals surface area contributed by atoms with Crippen molar-refractivity contribution in [3.05, 3.63) is 95.8 Å². The Balaban J connectivity index is 1.55. The van der Waals surface area contributed by atoms with Gasteiger partial charge in [-0.1, -0.05) is 42.5 Å². The second kappa shape index (κ2) is 8.30. The molecule has 0 fully saturated rings. The number of nitrogens with one attached hydrogen (secondary N) is 2. The van der Waals surface area contributed by atoms with Crippen LogP contribution in [0.5, 0.6) is 0 Å². The van der Waals surface area contributed by atoms with Crippen molar-refractivity contribution < 1.29 is 9.18 Å². The molecule has 132 valence electrons. The second-order valence-electron chi connectivity index (χ2n) is 6.21. The van der Waals surface area contributed by atoms with Gasteiger partial charge in [0.05, 0.1) is 6.42 Å². The summed E-state index contributed by atoms with van der Waals surface area (Å²) in [4.78, 5) is 12.1. The molecule has 0 saturated carbocycles. The van der Waals surface area contributed by atoms with E-state index in [1.807, 2.05) is 42.5 Å². The lowest BCUT2D eigenvalue weighted by atomic mass is 10.1. The lowest BCUT2D eigenvalue weighted by molar-refractivity contribution is -0.115. The fraction of sp³-hybridized carbons (Fsp3) is 0.136. The van der Waals surface area contributed by atoms with Gasteiger partial charge in [-0.05, 0) is 54.4 Å². The van der Waals surface area contributed by atoms with E-state index in [0.717, 1.165) is 16.9 Å². The monoisotopic (exact) mass is 348 g/mol.